The average Bonchev–Trinajstić information content (AvgIpc) is 3.34. The summed E-state index contributed by atoms with van der Waals surface area (Å²) in [5, 5.41) is 6.69. The summed E-state index contributed by atoms with van der Waals surface area (Å²) in [6.07, 6.45) is 5.14. The van der Waals surface area contributed by atoms with Crippen molar-refractivity contribution in [3.05, 3.63) is 71.7 Å². The Labute approximate surface area is 178 Å². The van der Waals surface area contributed by atoms with Crippen molar-refractivity contribution in [2.75, 3.05) is 6.54 Å². The predicted molar refractivity (Wildman–Crippen MR) is 118 cm³/mol. The summed E-state index contributed by atoms with van der Waals surface area (Å²) in [5.74, 6) is -0.0702. The molecule has 5 rings (SSSR count). The largest absolute Gasteiger partial charge is 0.346 e. The topological polar surface area (TPSA) is 66.8 Å². The lowest BCUT2D eigenvalue weighted by Crippen LogP contribution is -2.37. The van der Waals surface area contributed by atoms with Crippen LogP contribution in [0, 0.1) is 6.92 Å². The molecule has 3 aromatic heterocycles. The summed E-state index contributed by atoms with van der Waals surface area (Å²) in [5.41, 5.74) is 6.90. The molecular formula is C23H20ClN5O. The highest BCUT2D eigenvalue weighted by molar-refractivity contribution is 6.30. The van der Waals surface area contributed by atoms with Gasteiger partial charge >= 0.3 is 0 Å². The smallest absolute Gasteiger partial charge is 0.246 e. The van der Waals surface area contributed by atoms with Crippen LogP contribution < -0.4 is 0 Å². The van der Waals surface area contributed by atoms with E-state index in [1.54, 1.807) is 6.20 Å². The third-order valence-corrected chi connectivity index (χ3v) is 5.88. The third-order valence-electron chi connectivity index (χ3n) is 5.62. The Balaban J connectivity index is 1.78. The Morgan fingerprint density at radius 1 is 1.23 bits per heavy atom. The molecule has 0 atom stereocenters. The fourth-order valence-electron chi connectivity index (χ4n) is 4.16. The molecule has 0 bridgehead atoms. The molecule has 150 valence electrons. The zero-order chi connectivity index (χ0) is 20.8. The van der Waals surface area contributed by atoms with Crippen molar-refractivity contribution >= 4 is 28.5 Å². The maximum absolute atomic E-state index is 12.3. The molecule has 1 aliphatic heterocycles. The molecule has 1 aromatic carbocycles. The number of hydrogen-bond acceptors (Lipinski definition) is 3. The number of amides is 1. The number of aromatic nitrogens is 4. The summed E-state index contributed by atoms with van der Waals surface area (Å²) in [4.78, 5) is 21.8. The Morgan fingerprint density at radius 2 is 2.03 bits per heavy atom. The van der Waals surface area contributed by atoms with E-state index >= 15 is 0 Å². The molecule has 6 nitrogen and oxygen atoms in total. The van der Waals surface area contributed by atoms with Gasteiger partial charge in [0, 0.05) is 40.5 Å². The average molecular weight is 418 g/mol. The number of halogens is 1. The maximum Gasteiger partial charge on any atom is 0.246 e. The van der Waals surface area contributed by atoms with E-state index in [-0.39, 0.29) is 5.91 Å². The van der Waals surface area contributed by atoms with Gasteiger partial charge in [-0.05, 0) is 42.3 Å². The van der Waals surface area contributed by atoms with Crippen molar-refractivity contribution in [3.63, 3.8) is 0 Å². The van der Waals surface area contributed by atoms with Gasteiger partial charge < -0.3 is 9.88 Å². The lowest BCUT2D eigenvalue weighted by molar-refractivity contribution is -0.127. The number of fused-ring (bicyclic) bond motifs is 2. The van der Waals surface area contributed by atoms with Gasteiger partial charge in [-0.1, -0.05) is 30.3 Å². The number of aryl methyl sites for hydroxylation is 1. The Hall–Kier alpha value is -3.38. The predicted octanol–water partition coefficient (Wildman–Crippen LogP) is 4.58. The lowest BCUT2D eigenvalue weighted by atomic mass is 9.95. The molecule has 4 aromatic rings. The van der Waals surface area contributed by atoms with E-state index in [1.165, 1.54) is 6.08 Å². The number of nitrogens with zero attached hydrogens (tertiary/aromatic N) is 4. The summed E-state index contributed by atoms with van der Waals surface area (Å²) >= 11 is 6.12. The number of benzene rings is 1. The molecule has 30 heavy (non-hydrogen) atoms. The van der Waals surface area contributed by atoms with Crippen molar-refractivity contribution in [2.24, 2.45) is 0 Å². The molecule has 7 heteroatoms. The number of hydrogen-bond donors (Lipinski definition) is 1. The number of aromatic amines is 1. The standard InChI is InChI=1S/C23H20ClN5O/c1-3-19(30)28-10-11-29-18(13-28)21(22(27-29)15-4-6-16(24)7-5-15)17-8-9-25-23-20(17)14(2)12-26-23/h3-9,12H,1,10-11,13H2,2H3,(H,25,26). The zero-order valence-corrected chi connectivity index (χ0v) is 17.3. The first kappa shape index (κ1) is 18.6. The van der Waals surface area contributed by atoms with E-state index in [4.69, 9.17) is 16.7 Å². The van der Waals surface area contributed by atoms with Gasteiger partial charge in [0.15, 0.2) is 0 Å². The van der Waals surface area contributed by atoms with Gasteiger partial charge in [0.2, 0.25) is 5.91 Å². The van der Waals surface area contributed by atoms with Crippen LogP contribution in [-0.4, -0.2) is 37.1 Å². The van der Waals surface area contributed by atoms with E-state index < -0.39 is 0 Å². The Kier molecular flexibility index (Phi) is 4.44. The van der Waals surface area contributed by atoms with E-state index in [0.717, 1.165) is 44.7 Å². The number of nitrogens with one attached hydrogen (secondary N) is 1. The Bertz CT molecular complexity index is 1290. The number of H-pyrrole nitrogens is 1. The maximum atomic E-state index is 12.3. The molecule has 0 saturated heterocycles. The molecular weight excluding hydrogens is 398 g/mol. The SMILES string of the molecule is C=CC(=O)N1CCn2nc(-c3ccc(Cl)cc3)c(-c3ccnc4[nH]cc(C)c34)c2C1. The van der Waals surface area contributed by atoms with Crippen LogP contribution in [0.3, 0.4) is 0 Å². The molecule has 0 unspecified atom stereocenters. The van der Waals surface area contributed by atoms with Gasteiger partial charge in [-0.2, -0.15) is 5.10 Å². The molecule has 0 fully saturated rings. The minimum Gasteiger partial charge on any atom is -0.346 e. The van der Waals surface area contributed by atoms with Crippen LogP contribution in [0.4, 0.5) is 0 Å². The molecule has 1 amide bonds. The summed E-state index contributed by atoms with van der Waals surface area (Å²) in [6.45, 7) is 7.43. The number of rotatable bonds is 3. The van der Waals surface area contributed by atoms with Crippen LogP contribution >= 0.6 is 11.6 Å². The van der Waals surface area contributed by atoms with Crippen LogP contribution in [-0.2, 0) is 17.9 Å². The Morgan fingerprint density at radius 3 is 2.80 bits per heavy atom. The second kappa shape index (κ2) is 7.15. The molecule has 0 radical (unpaired) electrons. The number of carbonyl (C=O) groups excluding carboxylic acids is 1. The monoisotopic (exact) mass is 417 g/mol. The van der Waals surface area contributed by atoms with E-state index in [9.17, 15) is 4.79 Å². The van der Waals surface area contributed by atoms with Crippen molar-refractivity contribution in [1.29, 1.82) is 0 Å². The minimum absolute atomic E-state index is 0.0702. The van der Waals surface area contributed by atoms with Gasteiger partial charge in [-0.15, -0.1) is 0 Å². The molecule has 4 heterocycles. The van der Waals surface area contributed by atoms with Gasteiger partial charge in [0.1, 0.15) is 11.3 Å². The first-order valence-electron chi connectivity index (χ1n) is 9.77. The highest BCUT2D eigenvalue weighted by Crippen LogP contribution is 2.40. The highest BCUT2D eigenvalue weighted by Gasteiger charge is 2.28. The van der Waals surface area contributed by atoms with Crippen LogP contribution in [0.1, 0.15) is 11.3 Å². The van der Waals surface area contributed by atoms with E-state index in [1.807, 2.05) is 46.1 Å². The highest BCUT2D eigenvalue weighted by atomic mass is 35.5. The first-order chi connectivity index (χ1) is 14.6. The van der Waals surface area contributed by atoms with Crippen LogP contribution in [0.2, 0.25) is 5.02 Å². The lowest BCUT2D eigenvalue weighted by Gasteiger charge is -2.27. The van der Waals surface area contributed by atoms with E-state index in [2.05, 4.69) is 23.5 Å². The number of carbonyl (C=O) groups is 1. The molecule has 0 spiro atoms. The first-order valence-corrected chi connectivity index (χ1v) is 10.1. The fourth-order valence-corrected chi connectivity index (χ4v) is 4.28. The summed E-state index contributed by atoms with van der Waals surface area (Å²) < 4.78 is 2.01. The van der Waals surface area contributed by atoms with Crippen molar-refractivity contribution in [2.45, 2.75) is 20.0 Å². The minimum atomic E-state index is -0.0702. The number of pyridine rings is 1. The van der Waals surface area contributed by atoms with Gasteiger partial charge in [0.05, 0.1) is 18.8 Å². The van der Waals surface area contributed by atoms with Crippen molar-refractivity contribution < 1.29 is 4.79 Å². The molecule has 0 saturated carbocycles. The second-order valence-electron chi connectivity index (χ2n) is 7.42. The molecule has 1 aliphatic rings. The van der Waals surface area contributed by atoms with Gasteiger partial charge in [-0.3, -0.25) is 9.48 Å². The summed E-state index contributed by atoms with van der Waals surface area (Å²) in [7, 11) is 0. The van der Waals surface area contributed by atoms with Crippen molar-refractivity contribution in [1.82, 2.24) is 24.6 Å². The van der Waals surface area contributed by atoms with Crippen LogP contribution in [0.25, 0.3) is 33.4 Å². The molecule has 0 aliphatic carbocycles. The normalized spacial score (nSPS) is 13.5. The van der Waals surface area contributed by atoms with Crippen LogP contribution in [0.15, 0.2) is 55.4 Å². The fraction of sp³-hybridized carbons (Fsp3) is 0.174. The zero-order valence-electron chi connectivity index (χ0n) is 16.5. The van der Waals surface area contributed by atoms with E-state index in [0.29, 0.717) is 24.7 Å². The summed E-state index contributed by atoms with van der Waals surface area (Å²) in [6, 6.07) is 9.73. The molecule has 1 N–H and O–H groups in total. The van der Waals surface area contributed by atoms with Gasteiger partial charge in [-0.25, -0.2) is 4.98 Å². The second-order valence-corrected chi connectivity index (χ2v) is 7.85. The quantitative estimate of drug-likeness (QED) is 0.496. The van der Waals surface area contributed by atoms with Crippen LogP contribution in [0.5, 0.6) is 0 Å². The van der Waals surface area contributed by atoms with Crippen molar-refractivity contribution in [3.8, 4) is 22.4 Å². The third kappa shape index (κ3) is 2.92. The van der Waals surface area contributed by atoms with Gasteiger partial charge in [0.25, 0.3) is 0 Å².